The molecule has 1 aromatic heterocycles. The summed E-state index contributed by atoms with van der Waals surface area (Å²) in [5, 5.41) is 0.392. The second-order valence-electron chi connectivity index (χ2n) is 17.6. The zero-order valence-electron chi connectivity index (χ0n) is 41.0. The summed E-state index contributed by atoms with van der Waals surface area (Å²) in [6, 6.07) is 46.5. The maximum Gasteiger partial charge on any atom is 0.383 e. The van der Waals surface area contributed by atoms with Crippen LogP contribution in [0, 0.1) is 0 Å². The Morgan fingerprint density at radius 3 is 1.54 bits per heavy atom. The lowest BCUT2D eigenvalue weighted by atomic mass is 9.97. The molecule has 0 spiro atoms. The van der Waals surface area contributed by atoms with Crippen LogP contribution < -0.4 is 19.8 Å². The van der Waals surface area contributed by atoms with E-state index in [-0.39, 0.29) is 58.3 Å². The average Bonchev–Trinajstić information content (AvgIpc) is 3.44. The third kappa shape index (κ3) is 14.0. The molecule has 1 aliphatic heterocycles. The summed E-state index contributed by atoms with van der Waals surface area (Å²) in [5.74, 6) is -3.16. The quantitative estimate of drug-likeness (QED) is 0.0242. The highest BCUT2D eigenvalue weighted by atomic mass is 16.7. The van der Waals surface area contributed by atoms with Crippen LogP contribution in [0.5, 0.6) is 17.2 Å². The molecule has 0 saturated carbocycles. The molecular formula is C60H58O14. The monoisotopic (exact) mass is 1000 g/mol. The minimum Gasteiger partial charge on any atom is -0.484 e. The molecule has 0 N–H and O–H groups in total. The molecule has 1 saturated heterocycles. The van der Waals surface area contributed by atoms with Crippen molar-refractivity contribution in [3.8, 4) is 17.2 Å². The number of esters is 4. The molecule has 6 aromatic carbocycles. The number of hydrogen-bond donors (Lipinski definition) is 0. The maximum absolute atomic E-state index is 14.1. The van der Waals surface area contributed by atoms with E-state index in [4.69, 9.17) is 42.3 Å². The maximum atomic E-state index is 14.1. The molecule has 0 unspecified atom stereocenters. The standard InChI is InChI=1S/C60H58O14/c1-2-3-4-5-6-7-8-24-37-66-53-50(67-39-41-25-14-9-15-26-41)47-36-35-46(38-48(47)70-59(53)65)69-60-54(74-58(64)45-33-22-13-23-34-45)52(73-57(63)44-31-20-12-21-32-44)51(72-56(62)43-29-18-11-19-30-43)49(71-60)40-68-55(61)42-27-16-10-17-28-42/h9-23,25-36,38,49,51-52,54,60H,2-8,24,37,39-40H2,1H3/t49-,51+,52+,54-,60-/m1/s1. The molecule has 0 radical (unpaired) electrons. The fraction of sp³-hybridized carbons (Fsp3) is 0.283. The van der Waals surface area contributed by atoms with Crippen LogP contribution in [0.2, 0.25) is 0 Å². The van der Waals surface area contributed by atoms with Crippen molar-refractivity contribution in [2.45, 2.75) is 95.6 Å². The first-order chi connectivity index (χ1) is 36.2. The Morgan fingerprint density at radius 1 is 0.500 bits per heavy atom. The van der Waals surface area contributed by atoms with Gasteiger partial charge in [0.05, 0.1) is 34.2 Å². The van der Waals surface area contributed by atoms with Crippen molar-refractivity contribution < 1.29 is 61.5 Å². The number of carbonyl (C=O) groups is 4. The van der Waals surface area contributed by atoms with Gasteiger partial charge < -0.3 is 42.3 Å². The van der Waals surface area contributed by atoms with Gasteiger partial charge in [0.1, 0.15) is 30.7 Å². The highest BCUT2D eigenvalue weighted by Crippen LogP contribution is 2.38. The van der Waals surface area contributed by atoms with Crippen molar-refractivity contribution in [1.82, 2.24) is 0 Å². The number of unbranched alkanes of at least 4 members (excludes halogenated alkanes) is 7. The van der Waals surface area contributed by atoms with Gasteiger partial charge in [-0.3, -0.25) is 0 Å². The highest BCUT2D eigenvalue weighted by molar-refractivity contribution is 5.92. The predicted molar refractivity (Wildman–Crippen MR) is 274 cm³/mol. The fourth-order valence-corrected chi connectivity index (χ4v) is 8.37. The molecule has 14 heteroatoms. The summed E-state index contributed by atoms with van der Waals surface area (Å²) in [6.45, 7) is 2.02. The molecule has 2 heterocycles. The molecule has 0 aliphatic carbocycles. The molecule has 8 rings (SSSR count). The zero-order chi connectivity index (χ0) is 51.5. The third-order valence-corrected chi connectivity index (χ3v) is 12.3. The van der Waals surface area contributed by atoms with Gasteiger partial charge in [0, 0.05) is 6.07 Å². The van der Waals surface area contributed by atoms with Crippen molar-refractivity contribution >= 4 is 34.8 Å². The lowest BCUT2D eigenvalue weighted by molar-refractivity contribution is -0.275. The van der Waals surface area contributed by atoms with Crippen LogP contribution in [-0.2, 0) is 30.3 Å². The number of fused-ring (bicyclic) bond motifs is 1. The van der Waals surface area contributed by atoms with Crippen molar-refractivity contribution in [3.63, 3.8) is 0 Å². The molecule has 74 heavy (non-hydrogen) atoms. The summed E-state index contributed by atoms with van der Waals surface area (Å²) in [5.41, 5.74) is 0.752. The van der Waals surface area contributed by atoms with Gasteiger partial charge in [0.25, 0.3) is 0 Å². The van der Waals surface area contributed by atoms with Crippen molar-refractivity contribution in [1.29, 1.82) is 0 Å². The van der Waals surface area contributed by atoms with Crippen LogP contribution in [-0.4, -0.2) is 67.8 Å². The van der Waals surface area contributed by atoms with Crippen molar-refractivity contribution in [2.24, 2.45) is 0 Å². The van der Waals surface area contributed by atoms with Gasteiger partial charge in [-0.15, -0.1) is 0 Å². The molecule has 5 atom stereocenters. The lowest BCUT2D eigenvalue weighted by Crippen LogP contribution is -2.63. The van der Waals surface area contributed by atoms with E-state index in [0.29, 0.717) is 5.39 Å². The Labute approximate surface area is 429 Å². The van der Waals surface area contributed by atoms with Crippen molar-refractivity contribution in [2.75, 3.05) is 13.2 Å². The lowest BCUT2D eigenvalue weighted by Gasteiger charge is -2.44. The molecule has 1 aliphatic rings. The van der Waals surface area contributed by atoms with Gasteiger partial charge >= 0.3 is 29.5 Å². The van der Waals surface area contributed by atoms with Crippen LogP contribution in [0.1, 0.15) is 105 Å². The minimum absolute atomic E-state index is 0.0425. The van der Waals surface area contributed by atoms with Gasteiger partial charge in [0.2, 0.25) is 18.1 Å². The van der Waals surface area contributed by atoms with Crippen LogP contribution in [0.4, 0.5) is 0 Å². The summed E-state index contributed by atoms with van der Waals surface area (Å²) >= 11 is 0. The second-order valence-corrected chi connectivity index (χ2v) is 17.6. The normalized spacial score (nSPS) is 17.1. The summed E-state index contributed by atoms with van der Waals surface area (Å²) in [7, 11) is 0. The molecule has 0 bridgehead atoms. The van der Waals surface area contributed by atoms with Gasteiger partial charge in [-0.2, -0.15) is 0 Å². The minimum atomic E-state index is -1.68. The number of ether oxygens (including phenoxy) is 8. The largest absolute Gasteiger partial charge is 0.484 e. The molecule has 1 fully saturated rings. The number of rotatable bonds is 24. The van der Waals surface area contributed by atoms with E-state index in [1.807, 2.05) is 30.3 Å². The molecular weight excluding hydrogens is 945 g/mol. The van der Waals surface area contributed by atoms with E-state index in [1.165, 1.54) is 68.1 Å². The van der Waals surface area contributed by atoms with Crippen LogP contribution >= 0.6 is 0 Å². The van der Waals surface area contributed by atoms with E-state index in [1.54, 1.807) is 97.1 Å². The van der Waals surface area contributed by atoms with Crippen LogP contribution in [0.25, 0.3) is 11.0 Å². The topological polar surface area (TPSA) is 172 Å². The summed E-state index contributed by atoms with van der Waals surface area (Å²) in [4.78, 5) is 69.6. The van der Waals surface area contributed by atoms with Gasteiger partial charge in [-0.1, -0.05) is 155 Å². The number of carbonyl (C=O) groups excluding carboxylic acids is 4. The third-order valence-electron chi connectivity index (χ3n) is 12.3. The fourth-order valence-electron chi connectivity index (χ4n) is 8.37. The Bertz CT molecular complexity index is 2970. The number of hydrogen-bond acceptors (Lipinski definition) is 14. The van der Waals surface area contributed by atoms with E-state index in [9.17, 15) is 24.0 Å². The second kappa shape index (κ2) is 26.5. The van der Waals surface area contributed by atoms with Gasteiger partial charge in [-0.05, 0) is 72.6 Å². The average molecular weight is 1000 g/mol. The van der Waals surface area contributed by atoms with Crippen molar-refractivity contribution in [3.05, 3.63) is 208 Å². The molecule has 14 nitrogen and oxygen atoms in total. The number of benzene rings is 6. The molecule has 382 valence electrons. The van der Waals surface area contributed by atoms with E-state index in [0.717, 1.165) is 31.2 Å². The Morgan fingerprint density at radius 2 is 0.986 bits per heavy atom. The zero-order valence-corrected chi connectivity index (χ0v) is 41.0. The predicted octanol–water partition coefficient (Wildman–Crippen LogP) is 11.5. The van der Waals surface area contributed by atoms with E-state index in [2.05, 4.69) is 6.92 Å². The van der Waals surface area contributed by atoms with E-state index >= 15 is 0 Å². The first-order valence-corrected chi connectivity index (χ1v) is 25.0. The smallest absolute Gasteiger partial charge is 0.383 e. The first kappa shape index (κ1) is 52.1. The highest BCUT2D eigenvalue weighted by Gasteiger charge is 2.54. The van der Waals surface area contributed by atoms with Crippen LogP contribution in [0.3, 0.4) is 0 Å². The summed E-state index contributed by atoms with van der Waals surface area (Å²) in [6.07, 6.45) is 0.683. The van der Waals surface area contributed by atoms with Gasteiger partial charge in [-0.25, -0.2) is 24.0 Å². The first-order valence-electron chi connectivity index (χ1n) is 25.0. The summed E-state index contributed by atoms with van der Waals surface area (Å²) < 4.78 is 55.9. The SMILES string of the molecule is CCCCCCCCCCOc1c(OCc2ccccc2)c2ccc(O[C@@H]3O[C@H](COC(=O)c4ccccc4)[C@H](OC(=O)c4ccccc4)[C@H](OC(=O)c4ccccc4)[C@H]3OC(=O)c3ccccc3)cc2oc1=O. The van der Waals surface area contributed by atoms with Gasteiger partial charge in [0.15, 0.2) is 18.0 Å². The van der Waals surface area contributed by atoms with E-state index < -0.39 is 66.8 Å². The molecule has 7 aromatic rings. The van der Waals surface area contributed by atoms with Crippen LogP contribution in [0.15, 0.2) is 179 Å². The Kier molecular flexibility index (Phi) is 18.6. The molecule has 0 amide bonds. The Hall–Kier alpha value is -8.23. The Balaban J connectivity index is 1.16.